The number of rotatable bonds is 8. The molecule has 0 radical (unpaired) electrons. The molecule has 1 N–H and O–H groups in total. The van der Waals surface area contributed by atoms with Gasteiger partial charge in [-0.05, 0) is 31.2 Å². The van der Waals surface area contributed by atoms with Gasteiger partial charge in [0.05, 0.1) is 4.92 Å². The van der Waals surface area contributed by atoms with Crippen molar-refractivity contribution in [2.75, 3.05) is 12.8 Å². The van der Waals surface area contributed by atoms with Crippen LogP contribution in [0.15, 0.2) is 18.2 Å². The topological polar surface area (TPSA) is 55.2 Å². The predicted octanol–water partition coefficient (Wildman–Crippen LogP) is 4.26. The second-order valence-electron chi connectivity index (χ2n) is 4.73. The molecule has 0 unspecified atom stereocenters. The second-order valence-corrected chi connectivity index (χ2v) is 6.44. The monoisotopic (exact) mass is 316 g/mol. The Labute approximate surface area is 129 Å². The SMILES string of the molecule is CCC(CC)(CNCc1ccc(Cl)cc1[N+](=O)[O-])SC. The van der Waals surface area contributed by atoms with Crippen molar-refractivity contribution in [2.45, 2.75) is 38.0 Å². The lowest BCUT2D eigenvalue weighted by Crippen LogP contribution is -2.36. The van der Waals surface area contributed by atoms with E-state index in [1.807, 2.05) is 11.8 Å². The van der Waals surface area contributed by atoms with Crippen LogP contribution < -0.4 is 5.32 Å². The number of nitrogens with zero attached hydrogens (tertiary/aromatic N) is 1. The molecule has 1 aromatic rings. The molecule has 4 nitrogen and oxygen atoms in total. The van der Waals surface area contributed by atoms with Gasteiger partial charge in [0.2, 0.25) is 0 Å². The maximum absolute atomic E-state index is 11.0. The predicted molar refractivity (Wildman–Crippen MR) is 86.6 cm³/mol. The Balaban J connectivity index is 2.73. The number of hydrogen-bond acceptors (Lipinski definition) is 4. The van der Waals surface area contributed by atoms with Crippen molar-refractivity contribution in [3.8, 4) is 0 Å². The molecule has 6 heteroatoms. The van der Waals surface area contributed by atoms with Crippen molar-refractivity contribution in [3.05, 3.63) is 38.9 Å². The van der Waals surface area contributed by atoms with Crippen LogP contribution in [0.25, 0.3) is 0 Å². The zero-order valence-corrected chi connectivity index (χ0v) is 13.7. The van der Waals surface area contributed by atoms with Gasteiger partial charge in [0.15, 0.2) is 0 Å². The molecule has 1 aromatic carbocycles. The first-order valence-electron chi connectivity index (χ1n) is 6.66. The first-order valence-corrected chi connectivity index (χ1v) is 8.27. The maximum Gasteiger partial charge on any atom is 0.275 e. The van der Waals surface area contributed by atoms with E-state index in [4.69, 9.17) is 11.6 Å². The second kappa shape index (κ2) is 7.86. The number of halogens is 1. The number of nitro benzene ring substituents is 1. The van der Waals surface area contributed by atoms with Crippen LogP contribution in [0.2, 0.25) is 5.02 Å². The van der Waals surface area contributed by atoms with Gasteiger partial charge >= 0.3 is 0 Å². The molecule has 0 amide bonds. The van der Waals surface area contributed by atoms with Crippen molar-refractivity contribution in [1.29, 1.82) is 0 Å². The summed E-state index contributed by atoms with van der Waals surface area (Å²) in [6.45, 7) is 5.66. The van der Waals surface area contributed by atoms with E-state index in [1.165, 1.54) is 6.07 Å². The Hall–Kier alpha value is -0.780. The minimum absolute atomic E-state index is 0.0766. The lowest BCUT2D eigenvalue weighted by Gasteiger charge is -2.30. The quantitative estimate of drug-likeness (QED) is 0.575. The van der Waals surface area contributed by atoms with Gasteiger partial charge in [-0.15, -0.1) is 0 Å². The zero-order valence-electron chi connectivity index (χ0n) is 12.1. The fourth-order valence-electron chi connectivity index (χ4n) is 2.14. The molecule has 0 aliphatic carbocycles. The van der Waals surface area contributed by atoms with Crippen LogP contribution in [0.4, 0.5) is 5.69 Å². The van der Waals surface area contributed by atoms with E-state index in [1.54, 1.807) is 12.1 Å². The Morgan fingerprint density at radius 1 is 1.40 bits per heavy atom. The lowest BCUT2D eigenvalue weighted by atomic mass is 10.0. The van der Waals surface area contributed by atoms with E-state index >= 15 is 0 Å². The van der Waals surface area contributed by atoms with Crippen LogP contribution in [0.1, 0.15) is 32.3 Å². The highest BCUT2D eigenvalue weighted by atomic mass is 35.5. The molecular formula is C14H21ClN2O2S. The molecule has 0 heterocycles. The molecule has 0 bridgehead atoms. The summed E-state index contributed by atoms with van der Waals surface area (Å²) >= 11 is 7.65. The molecule has 0 fully saturated rings. The number of thioether (sulfide) groups is 1. The average molecular weight is 317 g/mol. The molecule has 0 saturated heterocycles. The Bertz CT molecular complexity index is 456. The number of benzene rings is 1. The standard InChI is InChI=1S/C14H21ClN2O2S/c1-4-14(5-2,20-3)10-16-9-11-6-7-12(15)8-13(11)17(18)19/h6-8,16H,4-5,9-10H2,1-3H3. The number of nitro groups is 1. The van der Waals surface area contributed by atoms with Crippen LogP contribution in [0.3, 0.4) is 0 Å². The minimum Gasteiger partial charge on any atom is -0.311 e. The van der Waals surface area contributed by atoms with Gasteiger partial charge in [0.1, 0.15) is 0 Å². The average Bonchev–Trinajstić information content (AvgIpc) is 2.45. The van der Waals surface area contributed by atoms with E-state index in [9.17, 15) is 10.1 Å². The van der Waals surface area contributed by atoms with Gasteiger partial charge in [-0.2, -0.15) is 11.8 Å². The zero-order chi connectivity index (χ0) is 15.2. The van der Waals surface area contributed by atoms with Crippen LogP contribution in [0.5, 0.6) is 0 Å². The van der Waals surface area contributed by atoms with Gasteiger partial charge in [-0.3, -0.25) is 10.1 Å². The van der Waals surface area contributed by atoms with E-state index in [2.05, 4.69) is 25.4 Å². The lowest BCUT2D eigenvalue weighted by molar-refractivity contribution is -0.385. The summed E-state index contributed by atoms with van der Waals surface area (Å²) in [7, 11) is 0. The molecule has 1 rings (SSSR count). The summed E-state index contributed by atoms with van der Waals surface area (Å²) in [6, 6.07) is 4.80. The molecule has 0 aromatic heterocycles. The van der Waals surface area contributed by atoms with Crippen LogP contribution in [-0.4, -0.2) is 22.5 Å². The van der Waals surface area contributed by atoms with Gasteiger partial charge in [0.25, 0.3) is 5.69 Å². The van der Waals surface area contributed by atoms with Crippen LogP contribution in [0, 0.1) is 10.1 Å². The fourth-order valence-corrected chi connectivity index (χ4v) is 3.13. The van der Waals surface area contributed by atoms with Gasteiger partial charge in [-0.1, -0.05) is 25.4 Å². The molecule has 0 spiro atoms. The van der Waals surface area contributed by atoms with E-state index in [-0.39, 0.29) is 15.4 Å². The van der Waals surface area contributed by atoms with Crippen molar-refractivity contribution < 1.29 is 4.92 Å². The maximum atomic E-state index is 11.0. The van der Waals surface area contributed by atoms with E-state index in [0.29, 0.717) is 17.1 Å². The number of nitrogens with one attached hydrogen (secondary N) is 1. The summed E-state index contributed by atoms with van der Waals surface area (Å²) in [5, 5.41) is 14.7. The Morgan fingerprint density at radius 2 is 2.05 bits per heavy atom. The summed E-state index contributed by atoms with van der Waals surface area (Å²) in [4.78, 5) is 10.6. The van der Waals surface area contributed by atoms with Crippen molar-refractivity contribution >= 4 is 29.1 Å². The smallest absolute Gasteiger partial charge is 0.275 e. The van der Waals surface area contributed by atoms with Crippen LogP contribution >= 0.6 is 23.4 Å². The highest BCUT2D eigenvalue weighted by Crippen LogP contribution is 2.30. The third-order valence-electron chi connectivity index (χ3n) is 3.73. The van der Waals surface area contributed by atoms with Crippen molar-refractivity contribution in [3.63, 3.8) is 0 Å². The Kier molecular flexibility index (Phi) is 6.79. The minimum atomic E-state index is -0.385. The number of hydrogen-bond donors (Lipinski definition) is 1. The van der Waals surface area contributed by atoms with Crippen molar-refractivity contribution in [1.82, 2.24) is 5.32 Å². The largest absolute Gasteiger partial charge is 0.311 e. The molecule has 20 heavy (non-hydrogen) atoms. The molecule has 0 aliphatic rings. The molecule has 112 valence electrons. The van der Waals surface area contributed by atoms with Gasteiger partial charge in [-0.25, -0.2) is 0 Å². The molecule has 0 aliphatic heterocycles. The van der Waals surface area contributed by atoms with Crippen molar-refractivity contribution in [2.24, 2.45) is 0 Å². The normalized spacial score (nSPS) is 11.6. The van der Waals surface area contributed by atoms with Crippen LogP contribution in [-0.2, 0) is 6.54 Å². The first kappa shape index (κ1) is 17.3. The van der Waals surface area contributed by atoms with E-state index in [0.717, 1.165) is 19.4 Å². The highest BCUT2D eigenvalue weighted by molar-refractivity contribution is 8.00. The van der Waals surface area contributed by atoms with Gasteiger partial charge in [0, 0.05) is 34.5 Å². The third-order valence-corrected chi connectivity index (χ3v) is 5.55. The molecular weight excluding hydrogens is 296 g/mol. The summed E-state index contributed by atoms with van der Waals surface area (Å²) in [5.41, 5.74) is 0.745. The van der Waals surface area contributed by atoms with E-state index < -0.39 is 0 Å². The summed E-state index contributed by atoms with van der Waals surface area (Å²) in [6.07, 6.45) is 4.25. The summed E-state index contributed by atoms with van der Waals surface area (Å²) in [5.74, 6) is 0. The molecule has 0 atom stereocenters. The summed E-state index contributed by atoms with van der Waals surface area (Å²) < 4.78 is 0.196. The van der Waals surface area contributed by atoms with Gasteiger partial charge < -0.3 is 5.32 Å². The Morgan fingerprint density at radius 3 is 2.55 bits per heavy atom. The third kappa shape index (κ3) is 4.36. The fraction of sp³-hybridized carbons (Fsp3) is 0.571. The molecule has 0 saturated carbocycles. The highest BCUT2D eigenvalue weighted by Gasteiger charge is 2.24. The first-order chi connectivity index (χ1) is 9.48.